The molecule has 0 saturated carbocycles. The van der Waals surface area contributed by atoms with E-state index in [9.17, 15) is 0 Å². The smallest absolute Gasteiger partial charge is 0.120 e. The number of hydrogen-bond donors (Lipinski definition) is 2. The van der Waals surface area contributed by atoms with E-state index >= 15 is 0 Å². The first-order chi connectivity index (χ1) is 6.27. The number of nitrogens with two attached hydrogens (primary N) is 1. The van der Waals surface area contributed by atoms with E-state index in [4.69, 9.17) is 15.3 Å². The van der Waals surface area contributed by atoms with E-state index < -0.39 is 0 Å². The molecule has 14 heavy (non-hydrogen) atoms. The molecule has 0 radical (unpaired) electrons. The lowest BCUT2D eigenvalue weighted by molar-refractivity contribution is 0.276. The van der Waals surface area contributed by atoms with Gasteiger partial charge >= 0.3 is 0 Å². The monoisotopic (exact) mass is 219 g/mol. The molecule has 82 valence electrons. The van der Waals surface area contributed by atoms with Crippen LogP contribution < -0.4 is 5.73 Å². The van der Waals surface area contributed by atoms with Gasteiger partial charge in [-0.05, 0) is 25.0 Å². The minimum atomic E-state index is -0.0764. The molecule has 3 N–H and O–H groups in total. The van der Waals surface area contributed by atoms with E-state index in [-0.39, 0.29) is 25.1 Å². The van der Waals surface area contributed by atoms with Gasteiger partial charge in [-0.25, -0.2) is 0 Å². The van der Waals surface area contributed by atoms with E-state index in [1.54, 1.807) is 0 Å². The molecule has 0 aliphatic rings. The molecule has 1 aromatic heterocycles. The van der Waals surface area contributed by atoms with Crippen LogP contribution in [-0.2, 0) is 6.42 Å². The van der Waals surface area contributed by atoms with Crippen molar-refractivity contribution in [2.24, 2.45) is 5.73 Å². The molecule has 0 bridgehead atoms. The van der Waals surface area contributed by atoms with Crippen LogP contribution in [0.4, 0.5) is 0 Å². The van der Waals surface area contributed by atoms with Gasteiger partial charge in [0.15, 0.2) is 0 Å². The molecule has 0 fully saturated rings. The predicted octanol–water partition coefficient (Wildman–Crippen LogP) is 2.04. The van der Waals surface area contributed by atoms with Gasteiger partial charge in [0.25, 0.3) is 0 Å². The number of hydrogen-bond acceptors (Lipinski definition) is 3. The van der Waals surface area contributed by atoms with Crippen LogP contribution in [0.5, 0.6) is 0 Å². The molecule has 0 saturated heterocycles. The predicted molar refractivity (Wildman–Crippen MR) is 58.6 cm³/mol. The summed E-state index contributed by atoms with van der Waals surface area (Å²) in [6, 6.07) is 3.79. The van der Waals surface area contributed by atoms with Crippen molar-refractivity contribution >= 4 is 12.4 Å². The van der Waals surface area contributed by atoms with Gasteiger partial charge < -0.3 is 15.3 Å². The first-order valence-electron chi connectivity index (χ1n) is 4.73. The van der Waals surface area contributed by atoms with Crippen molar-refractivity contribution in [2.45, 2.75) is 32.2 Å². The largest absolute Gasteiger partial charge is 0.464 e. The molecule has 0 aliphatic carbocycles. The van der Waals surface area contributed by atoms with Crippen molar-refractivity contribution in [3.8, 4) is 0 Å². The van der Waals surface area contributed by atoms with Crippen LogP contribution in [0.3, 0.4) is 0 Å². The Balaban J connectivity index is 0.00000169. The summed E-state index contributed by atoms with van der Waals surface area (Å²) in [4.78, 5) is 0. The average Bonchev–Trinajstić information content (AvgIpc) is 2.62. The summed E-state index contributed by atoms with van der Waals surface area (Å²) in [6.45, 7) is 2.23. The van der Waals surface area contributed by atoms with Gasteiger partial charge in [-0.1, -0.05) is 6.92 Å². The highest BCUT2D eigenvalue weighted by Crippen LogP contribution is 2.18. The maximum absolute atomic E-state index is 8.63. The second-order valence-corrected chi connectivity index (χ2v) is 3.13. The fourth-order valence-corrected chi connectivity index (χ4v) is 1.24. The molecule has 0 aliphatic heterocycles. The zero-order valence-corrected chi connectivity index (χ0v) is 9.22. The molecule has 0 amide bonds. The summed E-state index contributed by atoms with van der Waals surface area (Å²) >= 11 is 0. The van der Waals surface area contributed by atoms with Crippen LogP contribution in [-0.4, -0.2) is 11.7 Å². The molecule has 1 rings (SSSR count). The summed E-state index contributed by atoms with van der Waals surface area (Å²) in [5.41, 5.74) is 5.84. The molecule has 1 atom stereocenters. The number of halogens is 1. The second-order valence-electron chi connectivity index (χ2n) is 3.13. The number of aliphatic hydroxyl groups excluding tert-OH is 1. The first-order valence-corrected chi connectivity index (χ1v) is 4.73. The molecular weight excluding hydrogens is 202 g/mol. The van der Waals surface area contributed by atoms with Crippen molar-refractivity contribution in [1.29, 1.82) is 0 Å². The average molecular weight is 220 g/mol. The van der Waals surface area contributed by atoms with Crippen LogP contribution in [0.15, 0.2) is 16.5 Å². The normalized spacial score (nSPS) is 12.2. The Morgan fingerprint density at radius 1 is 1.50 bits per heavy atom. The van der Waals surface area contributed by atoms with E-state index in [1.807, 2.05) is 19.1 Å². The van der Waals surface area contributed by atoms with Crippen molar-refractivity contribution in [1.82, 2.24) is 0 Å². The third kappa shape index (κ3) is 3.70. The van der Waals surface area contributed by atoms with Crippen LogP contribution in [0.25, 0.3) is 0 Å². The highest BCUT2D eigenvalue weighted by Gasteiger charge is 2.09. The number of rotatable bonds is 5. The summed E-state index contributed by atoms with van der Waals surface area (Å²) in [7, 11) is 0. The minimum absolute atomic E-state index is 0. The van der Waals surface area contributed by atoms with Gasteiger partial charge in [-0.2, -0.15) is 0 Å². The third-order valence-electron chi connectivity index (χ3n) is 2.07. The van der Waals surface area contributed by atoms with Gasteiger partial charge in [0.1, 0.15) is 11.5 Å². The topological polar surface area (TPSA) is 59.4 Å². The van der Waals surface area contributed by atoms with Crippen molar-refractivity contribution < 1.29 is 9.52 Å². The van der Waals surface area contributed by atoms with Crippen LogP contribution in [0.2, 0.25) is 0 Å². The number of furan rings is 1. The fourth-order valence-electron chi connectivity index (χ4n) is 1.24. The first kappa shape index (κ1) is 13.5. The summed E-state index contributed by atoms with van der Waals surface area (Å²) in [5.74, 6) is 1.79. The fraction of sp³-hybridized carbons (Fsp3) is 0.600. The lowest BCUT2D eigenvalue weighted by Gasteiger charge is -2.06. The maximum Gasteiger partial charge on any atom is 0.120 e. The third-order valence-corrected chi connectivity index (χ3v) is 2.07. The molecular formula is C10H18ClNO2. The van der Waals surface area contributed by atoms with E-state index in [1.165, 1.54) is 0 Å². The van der Waals surface area contributed by atoms with E-state index in [0.29, 0.717) is 0 Å². The number of aryl methyl sites for hydroxylation is 1. The van der Waals surface area contributed by atoms with Crippen molar-refractivity contribution in [2.75, 3.05) is 6.61 Å². The standard InChI is InChI=1S/C10H17NO2.ClH/c1-2-8-5-6-10(13-8)9(11)4-3-7-12;/h5-6,9,12H,2-4,7,11H2,1H3;1H/t9-;/m1./s1. The SMILES string of the molecule is CCc1ccc([C@H](N)CCCO)o1.Cl. The number of aliphatic hydroxyl groups is 1. The van der Waals surface area contributed by atoms with Gasteiger partial charge in [0.2, 0.25) is 0 Å². The Morgan fingerprint density at radius 2 is 2.21 bits per heavy atom. The molecule has 0 spiro atoms. The summed E-state index contributed by atoms with van der Waals surface area (Å²) in [5, 5.41) is 8.63. The minimum Gasteiger partial charge on any atom is -0.464 e. The zero-order valence-electron chi connectivity index (χ0n) is 8.40. The molecule has 0 aromatic carbocycles. The Labute approximate surface area is 90.7 Å². The Hall–Kier alpha value is -0.510. The summed E-state index contributed by atoms with van der Waals surface area (Å²) in [6.07, 6.45) is 2.39. The molecule has 1 aromatic rings. The zero-order chi connectivity index (χ0) is 9.68. The summed E-state index contributed by atoms with van der Waals surface area (Å²) < 4.78 is 5.48. The van der Waals surface area contributed by atoms with Crippen LogP contribution in [0.1, 0.15) is 37.3 Å². The maximum atomic E-state index is 8.63. The van der Waals surface area contributed by atoms with Crippen molar-refractivity contribution in [3.63, 3.8) is 0 Å². The van der Waals surface area contributed by atoms with Gasteiger partial charge in [-0.15, -0.1) is 12.4 Å². The molecule has 1 heterocycles. The van der Waals surface area contributed by atoms with Gasteiger partial charge in [0, 0.05) is 13.0 Å². The van der Waals surface area contributed by atoms with E-state index in [0.717, 1.165) is 30.8 Å². The highest BCUT2D eigenvalue weighted by atomic mass is 35.5. The Morgan fingerprint density at radius 3 is 2.71 bits per heavy atom. The Kier molecular flexibility index (Phi) is 6.62. The Bertz CT molecular complexity index is 250. The quantitative estimate of drug-likeness (QED) is 0.797. The molecule has 0 unspecified atom stereocenters. The van der Waals surface area contributed by atoms with Gasteiger partial charge in [-0.3, -0.25) is 0 Å². The van der Waals surface area contributed by atoms with Gasteiger partial charge in [0.05, 0.1) is 6.04 Å². The second kappa shape index (κ2) is 6.87. The lowest BCUT2D eigenvalue weighted by Crippen LogP contribution is -2.09. The van der Waals surface area contributed by atoms with Crippen LogP contribution in [0, 0.1) is 0 Å². The van der Waals surface area contributed by atoms with E-state index in [2.05, 4.69) is 0 Å². The highest BCUT2D eigenvalue weighted by molar-refractivity contribution is 5.85. The van der Waals surface area contributed by atoms with Crippen LogP contribution >= 0.6 is 12.4 Å². The molecule has 4 heteroatoms. The van der Waals surface area contributed by atoms with Crippen molar-refractivity contribution in [3.05, 3.63) is 23.7 Å². The molecule has 3 nitrogen and oxygen atoms in total. The lowest BCUT2D eigenvalue weighted by atomic mass is 10.1.